The molecular weight excluding hydrogens is 291 g/mol. The average molecular weight is 314 g/mol. The van der Waals surface area contributed by atoms with Crippen LogP contribution in [0.5, 0.6) is 0 Å². The quantitative estimate of drug-likeness (QED) is 0.596. The van der Waals surface area contributed by atoms with Gasteiger partial charge in [-0.15, -0.1) is 0 Å². The Hall–Kier alpha value is -1.66. The lowest BCUT2D eigenvalue weighted by Gasteiger charge is -2.39. The third-order valence-corrected chi connectivity index (χ3v) is 8.76. The first-order valence-electron chi connectivity index (χ1n) is 7.70. The molecule has 0 radical (unpaired) electrons. The minimum absolute atomic E-state index is 0.0127. The summed E-state index contributed by atoms with van der Waals surface area (Å²) in [5, 5.41) is 0.628. The second-order valence-electron chi connectivity index (χ2n) is 5.90. The Morgan fingerprint density at radius 1 is 0.955 bits per heavy atom. The minimum Gasteiger partial charge on any atom is -0.313 e. The summed E-state index contributed by atoms with van der Waals surface area (Å²) < 4.78 is 14.3. The lowest BCUT2D eigenvalue weighted by molar-refractivity contribution is -0.111. The molecule has 0 aromatic heterocycles. The van der Waals surface area contributed by atoms with Gasteiger partial charge in [-0.05, 0) is 12.3 Å². The second kappa shape index (κ2) is 6.62. The zero-order chi connectivity index (χ0) is 16.2. The molecule has 2 nitrogen and oxygen atoms in total. The number of carbonyl (C=O) groups excluding carboxylic acids is 1. The Bertz CT molecular complexity index is 621. The molecule has 0 fully saturated rings. The number of benzene rings is 2. The molecule has 0 amide bonds. The van der Waals surface area contributed by atoms with Crippen molar-refractivity contribution in [2.45, 2.75) is 32.3 Å². The molecule has 116 valence electrons. The topological polar surface area (TPSA) is 34.1 Å². The number of rotatable bonds is 6. The smallest absolute Gasteiger partial charge is 0.156 e. The predicted molar refractivity (Wildman–Crippen MR) is 93.7 cm³/mol. The van der Waals surface area contributed by atoms with Gasteiger partial charge in [0.1, 0.15) is 6.29 Å². The van der Waals surface area contributed by atoms with Gasteiger partial charge < -0.3 is 9.36 Å². The molecule has 2 rings (SSSR count). The van der Waals surface area contributed by atoms with Crippen LogP contribution in [-0.2, 0) is 9.36 Å². The van der Waals surface area contributed by atoms with Gasteiger partial charge in [-0.2, -0.15) is 0 Å². The van der Waals surface area contributed by atoms with Crippen LogP contribution >= 0.6 is 7.14 Å². The maximum absolute atomic E-state index is 14.3. The van der Waals surface area contributed by atoms with Crippen LogP contribution in [0, 0.1) is 5.92 Å². The molecule has 0 unspecified atom stereocenters. The van der Waals surface area contributed by atoms with Gasteiger partial charge in [0.2, 0.25) is 0 Å². The van der Waals surface area contributed by atoms with Crippen LogP contribution in [0.4, 0.5) is 0 Å². The number of hydrogen-bond acceptors (Lipinski definition) is 2. The van der Waals surface area contributed by atoms with Gasteiger partial charge in [-0.3, -0.25) is 0 Å². The Morgan fingerprint density at radius 3 is 1.64 bits per heavy atom. The summed E-state index contributed by atoms with van der Waals surface area (Å²) in [4.78, 5) is 12.1. The first kappa shape index (κ1) is 16.7. The fourth-order valence-electron chi connectivity index (χ4n) is 3.19. The van der Waals surface area contributed by atoms with Crippen molar-refractivity contribution in [3.63, 3.8) is 0 Å². The third-order valence-electron chi connectivity index (χ3n) is 4.60. The molecule has 3 heteroatoms. The normalized spacial score (nSPS) is 14.5. The number of hydrogen-bond donors (Lipinski definition) is 0. The van der Waals surface area contributed by atoms with Crippen molar-refractivity contribution in [1.29, 1.82) is 0 Å². The molecule has 2 aromatic rings. The number of aldehydes is 1. The monoisotopic (exact) mass is 314 g/mol. The van der Waals surface area contributed by atoms with E-state index in [1.54, 1.807) is 0 Å². The van der Waals surface area contributed by atoms with Gasteiger partial charge in [-0.1, -0.05) is 81.4 Å². The van der Waals surface area contributed by atoms with Crippen LogP contribution < -0.4 is 10.6 Å². The lowest BCUT2D eigenvalue weighted by Crippen LogP contribution is -2.43. The van der Waals surface area contributed by atoms with E-state index in [1.807, 2.05) is 81.4 Å². The average Bonchev–Trinajstić information content (AvgIpc) is 2.57. The highest BCUT2D eigenvalue weighted by Gasteiger charge is 2.51. The van der Waals surface area contributed by atoms with Crippen LogP contribution in [0.2, 0.25) is 0 Å². The van der Waals surface area contributed by atoms with E-state index in [-0.39, 0.29) is 5.92 Å². The van der Waals surface area contributed by atoms with Crippen molar-refractivity contribution >= 4 is 24.0 Å². The lowest BCUT2D eigenvalue weighted by atomic mass is 9.93. The SMILES string of the molecule is CC[C@@](C=O)(C(C)C)P(=O)(c1ccccc1)c1ccccc1. The molecule has 0 aliphatic heterocycles. The second-order valence-corrected chi connectivity index (χ2v) is 8.98. The van der Waals surface area contributed by atoms with Crippen LogP contribution in [0.1, 0.15) is 27.2 Å². The highest BCUT2D eigenvalue weighted by molar-refractivity contribution is 7.80. The Balaban J connectivity index is 2.83. The zero-order valence-corrected chi connectivity index (χ0v) is 14.3. The van der Waals surface area contributed by atoms with E-state index in [9.17, 15) is 9.36 Å². The van der Waals surface area contributed by atoms with Crippen molar-refractivity contribution in [3.05, 3.63) is 60.7 Å². The standard InChI is InChI=1S/C19H23O2P/c1-4-19(15-20,16(2)3)22(21,17-11-7-5-8-12-17)18-13-9-6-10-14-18/h5-16H,4H2,1-3H3/t19-/m1/s1. The van der Waals surface area contributed by atoms with Crippen LogP contribution in [0.15, 0.2) is 60.7 Å². The number of carbonyl (C=O) groups is 1. The Morgan fingerprint density at radius 2 is 1.36 bits per heavy atom. The first-order valence-corrected chi connectivity index (χ1v) is 9.41. The summed E-state index contributed by atoms with van der Waals surface area (Å²) in [7, 11) is -3.09. The van der Waals surface area contributed by atoms with E-state index in [2.05, 4.69) is 0 Å². The van der Waals surface area contributed by atoms with Gasteiger partial charge in [0.05, 0.1) is 5.16 Å². The summed E-state index contributed by atoms with van der Waals surface area (Å²) in [6, 6.07) is 18.9. The predicted octanol–water partition coefficient (Wildman–Crippen LogP) is 4.00. The Labute approximate surface area is 132 Å². The van der Waals surface area contributed by atoms with E-state index >= 15 is 0 Å². The summed E-state index contributed by atoms with van der Waals surface area (Å²) >= 11 is 0. The molecule has 0 N–H and O–H groups in total. The molecule has 0 spiro atoms. The highest BCUT2D eigenvalue weighted by atomic mass is 31.2. The van der Waals surface area contributed by atoms with E-state index in [1.165, 1.54) is 0 Å². The molecule has 2 aromatic carbocycles. The van der Waals surface area contributed by atoms with E-state index in [4.69, 9.17) is 0 Å². The molecular formula is C19H23O2P. The summed E-state index contributed by atoms with van der Waals surface area (Å²) in [6.07, 6.45) is 1.48. The molecule has 1 atom stereocenters. The largest absolute Gasteiger partial charge is 0.313 e. The van der Waals surface area contributed by atoms with Crippen LogP contribution in [0.3, 0.4) is 0 Å². The fourth-order valence-corrected chi connectivity index (χ4v) is 6.96. The molecule has 0 aliphatic rings. The van der Waals surface area contributed by atoms with Gasteiger partial charge in [0, 0.05) is 10.6 Å². The maximum Gasteiger partial charge on any atom is 0.156 e. The van der Waals surface area contributed by atoms with Gasteiger partial charge >= 0.3 is 0 Å². The molecule has 0 bridgehead atoms. The van der Waals surface area contributed by atoms with Crippen molar-refractivity contribution < 1.29 is 9.36 Å². The molecule has 0 saturated heterocycles. The molecule has 0 heterocycles. The van der Waals surface area contributed by atoms with E-state index in [0.717, 1.165) is 16.9 Å². The molecule has 0 aliphatic carbocycles. The van der Waals surface area contributed by atoms with Crippen LogP contribution in [0.25, 0.3) is 0 Å². The minimum atomic E-state index is -3.09. The fraction of sp³-hybridized carbons (Fsp3) is 0.316. The van der Waals surface area contributed by atoms with E-state index < -0.39 is 12.3 Å². The molecule has 22 heavy (non-hydrogen) atoms. The molecule has 0 saturated carbocycles. The summed E-state index contributed by atoms with van der Waals surface area (Å²) in [5.74, 6) is -0.0127. The van der Waals surface area contributed by atoms with Gasteiger partial charge in [-0.25, -0.2) is 0 Å². The van der Waals surface area contributed by atoms with Crippen molar-refractivity contribution in [3.8, 4) is 0 Å². The summed E-state index contributed by atoms with van der Waals surface area (Å²) in [5.41, 5.74) is 0. The summed E-state index contributed by atoms with van der Waals surface area (Å²) in [6.45, 7) is 5.92. The van der Waals surface area contributed by atoms with Gasteiger partial charge in [0.15, 0.2) is 7.14 Å². The van der Waals surface area contributed by atoms with Crippen molar-refractivity contribution in [2.75, 3.05) is 0 Å². The van der Waals surface area contributed by atoms with Crippen molar-refractivity contribution in [2.24, 2.45) is 5.92 Å². The highest BCUT2D eigenvalue weighted by Crippen LogP contribution is 2.59. The van der Waals surface area contributed by atoms with Crippen LogP contribution in [-0.4, -0.2) is 11.4 Å². The Kier molecular flexibility index (Phi) is 5.03. The first-order chi connectivity index (χ1) is 10.5. The third kappa shape index (κ3) is 2.46. The van der Waals surface area contributed by atoms with E-state index in [0.29, 0.717) is 6.42 Å². The maximum atomic E-state index is 14.3. The van der Waals surface area contributed by atoms with Gasteiger partial charge in [0.25, 0.3) is 0 Å². The zero-order valence-electron chi connectivity index (χ0n) is 13.4. The van der Waals surface area contributed by atoms with Crippen molar-refractivity contribution in [1.82, 2.24) is 0 Å².